The third-order valence-electron chi connectivity index (χ3n) is 6.10. The van der Waals surface area contributed by atoms with Gasteiger partial charge in [-0.3, -0.25) is 14.4 Å². The highest BCUT2D eigenvalue weighted by molar-refractivity contribution is 5.93. The van der Waals surface area contributed by atoms with E-state index in [0.717, 1.165) is 17.5 Å². The molecule has 9 heteroatoms. The standard InChI is InChI=1S/C21H27NO.C6H8O7/c1-5-20(23)21(16-17(2)22(3)4,18-12-8-6-9-13-18)19-14-10-7-11-15-19;7-3(8)1-6(13,5(11)12)2-4(9)10/h6-15,17H,5,16H2,1-4H3;13H,1-2H2,(H,7,8)(H,9,10)(H,11,12). The molecule has 0 fully saturated rings. The number of carboxylic acid groups (broad SMARTS) is 3. The van der Waals surface area contributed by atoms with Crippen molar-refractivity contribution in [2.75, 3.05) is 14.1 Å². The van der Waals surface area contributed by atoms with Gasteiger partial charge in [0.2, 0.25) is 0 Å². The minimum atomic E-state index is -2.74. The van der Waals surface area contributed by atoms with Crippen molar-refractivity contribution in [2.45, 2.75) is 56.6 Å². The Morgan fingerprint density at radius 1 is 0.806 bits per heavy atom. The van der Waals surface area contributed by atoms with Crippen molar-refractivity contribution in [1.82, 2.24) is 4.90 Å². The number of hydrogen-bond acceptors (Lipinski definition) is 6. The number of nitrogens with zero attached hydrogens (tertiary/aromatic N) is 1. The maximum absolute atomic E-state index is 13.2. The van der Waals surface area contributed by atoms with Gasteiger partial charge in [-0.25, -0.2) is 4.79 Å². The molecule has 2 rings (SSSR count). The molecule has 0 bridgehead atoms. The molecule has 4 N–H and O–H groups in total. The second kappa shape index (κ2) is 13.5. The molecular formula is C27H35NO8. The number of benzene rings is 2. The molecule has 0 aliphatic carbocycles. The predicted octanol–water partition coefficient (Wildman–Crippen LogP) is 3.04. The van der Waals surface area contributed by atoms with Crippen molar-refractivity contribution in [1.29, 1.82) is 0 Å². The Morgan fingerprint density at radius 2 is 1.19 bits per heavy atom. The summed E-state index contributed by atoms with van der Waals surface area (Å²) in [6, 6.07) is 20.7. The largest absolute Gasteiger partial charge is 0.481 e. The minimum absolute atomic E-state index is 0.281. The number of aliphatic carboxylic acids is 3. The highest BCUT2D eigenvalue weighted by Gasteiger charge is 2.42. The molecule has 0 radical (unpaired) electrons. The normalized spacial score (nSPS) is 12.3. The van der Waals surface area contributed by atoms with Crippen LogP contribution in [0.2, 0.25) is 0 Å². The Balaban J connectivity index is 0.000000426. The van der Waals surface area contributed by atoms with Crippen LogP contribution in [0.15, 0.2) is 60.7 Å². The average molecular weight is 502 g/mol. The molecule has 0 aliphatic rings. The lowest BCUT2D eigenvalue weighted by Gasteiger charge is -2.37. The molecule has 0 saturated carbocycles. The Morgan fingerprint density at radius 3 is 1.47 bits per heavy atom. The summed E-state index contributed by atoms with van der Waals surface area (Å²) in [4.78, 5) is 45.8. The molecule has 0 aromatic heterocycles. The highest BCUT2D eigenvalue weighted by atomic mass is 16.4. The number of aliphatic hydroxyl groups is 1. The van der Waals surface area contributed by atoms with E-state index in [4.69, 9.17) is 20.4 Å². The smallest absolute Gasteiger partial charge is 0.336 e. The van der Waals surface area contributed by atoms with Crippen LogP contribution < -0.4 is 0 Å². The van der Waals surface area contributed by atoms with Crippen molar-refractivity contribution < 1.29 is 39.6 Å². The quantitative estimate of drug-likeness (QED) is 0.344. The number of hydrogen-bond donors (Lipinski definition) is 4. The zero-order valence-corrected chi connectivity index (χ0v) is 21.0. The molecule has 1 unspecified atom stereocenters. The van der Waals surface area contributed by atoms with Gasteiger partial charge in [0.25, 0.3) is 0 Å². The number of carbonyl (C=O) groups is 4. The molecule has 0 heterocycles. The first kappa shape index (κ1) is 30.5. The molecule has 0 saturated heterocycles. The van der Waals surface area contributed by atoms with Crippen LogP contribution in [0.1, 0.15) is 50.7 Å². The fourth-order valence-electron chi connectivity index (χ4n) is 3.93. The van der Waals surface area contributed by atoms with Crippen molar-refractivity contribution in [3.8, 4) is 0 Å². The van der Waals surface area contributed by atoms with E-state index < -0.39 is 41.8 Å². The molecule has 0 amide bonds. The zero-order chi connectivity index (χ0) is 27.5. The van der Waals surface area contributed by atoms with Gasteiger partial charge in [0.05, 0.1) is 18.3 Å². The summed E-state index contributed by atoms with van der Waals surface area (Å²) < 4.78 is 0. The van der Waals surface area contributed by atoms with Gasteiger partial charge in [0.1, 0.15) is 5.78 Å². The molecule has 36 heavy (non-hydrogen) atoms. The lowest BCUT2D eigenvalue weighted by Crippen LogP contribution is -2.42. The van der Waals surface area contributed by atoms with Crippen LogP contribution in [-0.2, 0) is 24.6 Å². The lowest BCUT2D eigenvalue weighted by molar-refractivity contribution is -0.170. The molecule has 9 nitrogen and oxygen atoms in total. The van der Waals surface area contributed by atoms with Gasteiger partial charge in [0.15, 0.2) is 5.60 Å². The van der Waals surface area contributed by atoms with Gasteiger partial charge in [0, 0.05) is 12.5 Å². The lowest BCUT2D eigenvalue weighted by atomic mass is 9.67. The van der Waals surface area contributed by atoms with Crippen molar-refractivity contribution >= 4 is 23.7 Å². The summed E-state index contributed by atoms with van der Waals surface area (Å²) in [5.74, 6) is -4.74. The van der Waals surface area contributed by atoms with Crippen LogP contribution in [0.25, 0.3) is 0 Å². The van der Waals surface area contributed by atoms with Gasteiger partial charge in [-0.15, -0.1) is 0 Å². The Kier molecular flexibility index (Phi) is 11.4. The Hall–Kier alpha value is -3.56. The number of ketones is 1. The first-order valence-electron chi connectivity index (χ1n) is 11.5. The molecular weight excluding hydrogens is 466 g/mol. The van der Waals surface area contributed by atoms with Crippen molar-refractivity contribution in [3.63, 3.8) is 0 Å². The van der Waals surface area contributed by atoms with Crippen LogP contribution in [0, 0.1) is 0 Å². The van der Waals surface area contributed by atoms with Gasteiger partial charge < -0.3 is 25.3 Å². The highest BCUT2D eigenvalue weighted by Crippen LogP contribution is 2.39. The van der Waals surface area contributed by atoms with Gasteiger partial charge in [-0.2, -0.15) is 0 Å². The van der Waals surface area contributed by atoms with Crippen LogP contribution in [0.5, 0.6) is 0 Å². The summed E-state index contributed by atoms with van der Waals surface area (Å²) in [5, 5.41) is 33.8. The van der Waals surface area contributed by atoms with Crippen LogP contribution in [0.3, 0.4) is 0 Å². The number of carboxylic acids is 3. The van der Waals surface area contributed by atoms with Crippen molar-refractivity contribution in [2.24, 2.45) is 0 Å². The maximum atomic E-state index is 13.2. The van der Waals surface area contributed by atoms with Gasteiger partial charge >= 0.3 is 17.9 Å². The number of Topliss-reactive ketones (excluding diaryl/α,β-unsaturated/α-hetero) is 1. The fraction of sp³-hybridized carbons (Fsp3) is 0.407. The SMILES string of the molecule is CCC(=O)C(CC(C)N(C)C)(c1ccccc1)c1ccccc1.O=C(O)CC(O)(CC(=O)O)C(=O)O. The van der Waals surface area contributed by atoms with Gasteiger partial charge in [-0.1, -0.05) is 67.6 Å². The third-order valence-corrected chi connectivity index (χ3v) is 6.10. The number of rotatable bonds is 12. The van der Waals surface area contributed by atoms with E-state index in [9.17, 15) is 19.2 Å². The Bertz CT molecular complexity index is 965. The van der Waals surface area contributed by atoms with Crippen molar-refractivity contribution in [3.05, 3.63) is 71.8 Å². The van der Waals surface area contributed by atoms with E-state index in [1.807, 2.05) is 43.3 Å². The predicted molar refractivity (Wildman–Crippen MR) is 134 cm³/mol. The first-order chi connectivity index (χ1) is 16.8. The van der Waals surface area contributed by atoms with E-state index in [2.05, 4.69) is 50.2 Å². The summed E-state index contributed by atoms with van der Waals surface area (Å²) in [6.07, 6.45) is -0.978. The monoisotopic (exact) mass is 501 g/mol. The molecule has 2 aromatic carbocycles. The van der Waals surface area contributed by atoms with E-state index in [1.165, 1.54) is 0 Å². The first-order valence-corrected chi connectivity index (χ1v) is 11.5. The Labute approximate surface area is 211 Å². The van der Waals surface area contributed by atoms with E-state index >= 15 is 0 Å². The summed E-state index contributed by atoms with van der Waals surface area (Å²) in [7, 11) is 4.14. The topological polar surface area (TPSA) is 152 Å². The van der Waals surface area contributed by atoms with Gasteiger partial charge in [-0.05, 0) is 38.6 Å². The summed E-state index contributed by atoms with van der Waals surface area (Å²) in [5.41, 5.74) is -1.14. The summed E-state index contributed by atoms with van der Waals surface area (Å²) in [6.45, 7) is 4.15. The zero-order valence-electron chi connectivity index (χ0n) is 21.0. The van der Waals surface area contributed by atoms with E-state index in [-0.39, 0.29) is 5.78 Å². The second-order valence-electron chi connectivity index (χ2n) is 8.91. The second-order valence-corrected chi connectivity index (χ2v) is 8.91. The molecule has 0 aliphatic heterocycles. The number of carbonyl (C=O) groups excluding carboxylic acids is 1. The molecule has 2 aromatic rings. The molecule has 0 spiro atoms. The third kappa shape index (κ3) is 8.00. The fourth-order valence-corrected chi connectivity index (χ4v) is 3.93. The maximum Gasteiger partial charge on any atom is 0.336 e. The van der Waals surface area contributed by atoms with Crippen LogP contribution >= 0.6 is 0 Å². The van der Waals surface area contributed by atoms with E-state index in [0.29, 0.717) is 12.5 Å². The van der Waals surface area contributed by atoms with Crippen LogP contribution in [-0.4, -0.2) is 74.8 Å². The summed E-state index contributed by atoms with van der Waals surface area (Å²) >= 11 is 0. The van der Waals surface area contributed by atoms with E-state index in [1.54, 1.807) is 0 Å². The minimum Gasteiger partial charge on any atom is -0.481 e. The van der Waals surface area contributed by atoms with Crippen LogP contribution in [0.4, 0.5) is 0 Å². The average Bonchev–Trinajstić information content (AvgIpc) is 2.82. The molecule has 1 atom stereocenters. The molecule has 196 valence electrons.